The Morgan fingerprint density at radius 3 is 2.76 bits per heavy atom. The first-order valence-electron chi connectivity index (χ1n) is 9.96. The highest BCUT2D eigenvalue weighted by Gasteiger charge is 2.24. The first-order chi connectivity index (χ1) is 14.2. The van der Waals surface area contributed by atoms with Gasteiger partial charge in [-0.2, -0.15) is 0 Å². The van der Waals surface area contributed by atoms with E-state index in [9.17, 15) is 10.1 Å². The molecule has 0 bridgehead atoms. The Labute approximate surface area is 168 Å². The van der Waals surface area contributed by atoms with E-state index in [1.165, 1.54) is 33.4 Å². The highest BCUT2D eigenvalue weighted by atomic mass is 16.6. The highest BCUT2D eigenvalue weighted by molar-refractivity contribution is 6.09. The van der Waals surface area contributed by atoms with Crippen molar-refractivity contribution in [3.8, 4) is 11.3 Å². The summed E-state index contributed by atoms with van der Waals surface area (Å²) in [5.41, 5.74) is 5.25. The van der Waals surface area contributed by atoms with Crippen LogP contribution < -0.4 is 0 Å². The van der Waals surface area contributed by atoms with Crippen molar-refractivity contribution < 1.29 is 4.92 Å². The van der Waals surface area contributed by atoms with Crippen molar-refractivity contribution in [2.45, 2.75) is 19.9 Å². The Hall–Kier alpha value is -3.31. The van der Waals surface area contributed by atoms with Gasteiger partial charge in [-0.25, -0.2) is 4.98 Å². The van der Waals surface area contributed by atoms with Gasteiger partial charge in [0.2, 0.25) is 0 Å². The molecule has 5 heteroatoms. The molecule has 0 amide bonds. The molecule has 3 aromatic carbocycles. The molecule has 4 aromatic rings. The number of non-ortho nitro benzene ring substituents is 1. The first kappa shape index (κ1) is 17.8. The molecule has 0 N–H and O–H groups in total. The zero-order valence-electron chi connectivity index (χ0n) is 16.3. The van der Waals surface area contributed by atoms with Gasteiger partial charge in [-0.05, 0) is 40.9 Å². The van der Waals surface area contributed by atoms with Gasteiger partial charge in [0.05, 0.1) is 16.1 Å². The highest BCUT2D eigenvalue weighted by Crippen LogP contribution is 2.37. The minimum Gasteiger partial charge on any atom is -0.299 e. The fourth-order valence-corrected chi connectivity index (χ4v) is 4.45. The van der Waals surface area contributed by atoms with Crippen molar-refractivity contribution in [1.82, 2.24) is 9.88 Å². The van der Waals surface area contributed by atoms with Gasteiger partial charge < -0.3 is 0 Å². The molecule has 0 fully saturated rings. The smallest absolute Gasteiger partial charge is 0.270 e. The maximum absolute atomic E-state index is 11.3. The van der Waals surface area contributed by atoms with Crippen LogP contribution in [-0.4, -0.2) is 27.9 Å². The summed E-state index contributed by atoms with van der Waals surface area (Å²) in [7, 11) is 0. The molecule has 144 valence electrons. The molecule has 1 aromatic heterocycles. The van der Waals surface area contributed by atoms with E-state index < -0.39 is 0 Å². The Morgan fingerprint density at radius 1 is 1.07 bits per heavy atom. The number of nitro groups is 1. The lowest BCUT2D eigenvalue weighted by atomic mass is 9.89. The van der Waals surface area contributed by atoms with Crippen LogP contribution in [0.25, 0.3) is 32.9 Å². The average Bonchev–Trinajstić information content (AvgIpc) is 2.77. The number of nitro benzene ring substituents is 1. The molecule has 0 unspecified atom stereocenters. The van der Waals surface area contributed by atoms with Crippen LogP contribution in [-0.2, 0) is 13.0 Å². The molecule has 5 rings (SSSR count). The van der Waals surface area contributed by atoms with E-state index >= 15 is 0 Å². The van der Waals surface area contributed by atoms with Crippen LogP contribution in [0.15, 0.2) is 60.7 Å². The van der Waals surface area contributed by atoms with Gasteiger partial charge in [-0.3, -0.25) is 15.0 Å². The Morgan fingerprint density at radius 2 is 1.93 bits per heavy atom. The van der Waals surface area contributed by atoms with Crippen LogP contribution in [0.4, 0.5) is 5.69 Å². The van der Waals surface area contributed by atoms with Gasteiger partial charge in [-0.1, -0.05) is 49.4 Å². The summed E-state index contributed by atoms with van der Waals surface area (Å²) in [4.78, 5) is 18.4. The third kappa shape index (κ3) is 2.95. The molecule has 0 spiro atoms. The van der Waals surface area contributed by atoms with Gasteiger partial charge in [0.1, 0.15) is 0 Å². The third-order valence-corrected chi connectivity index (χ3v) is 5.93. The second-order valence-electron chi connectivity index (χ2n) is 7.52. The monoisotopic (exact) mass is 383 g/mol. The molecule has 0 saturated carbocycles. The second kappa shape index (κ2) is 6.94. The minimum atomic E-state index is -0.344. The molecule has 0 saturated heterocycles. The topological polar surface area (TPSA) is 59.3 Å². The van der Waals surface area contributed by atoms with E-state index in [-0.39, 0.29) is 10.6 Å². The number of fused-ring (bicyclic) bond motifs is 5. The lowest BCUT2D eigenvalue weighted by molar-refractivity contribution is -0.384. The molecule has 0 atom stereocenters. The van der Waals surface area contributed by atoms with Crippen molar-refractivity contribution in [3.63, 3.8) is 0 Å². The fraction of sp³-hybridized carbons (Fsp3) is 0.208. The number of hydrogen-bond donors (Lipinski definition) is 0. The molecule has 29 heavy (non-hydrogen) atoms. The quantitative estimate of drug-likeness (QED) is 0.272. The van der Waals surface area contributed by atoms with Crippen LogP contribution in [0, 0.1) is 10.1 Å². The maximum atomic E-state index is 11.3. The van der Waals surface area contributed by atoms with Gasteiger partial charge >= 0.3 is 0 Å². The number of benzene rings is 3. The largest absolute Gasteiger partial charge is 0.299 e. The van der Waals surface area contributed by atoms with Crippen LogP contribution in [0.2, 0.25) is 0 Å². The molecule has 1 aliphatic rings. The third-order valence-electron chi connectivity index (χ3n) is 5.93. The predicted molar refractivity (Wildman–Crippen MR) is 116 cm³/mol. The van der Waals surface area contributed by atoms with E-state index in [1.807, 2.05) is 6.07 Å². The summed E-state index contributed by atoms with van der Waals surface area (Å²) in [5, 5.41) is 15.0. The SMILES string of the molecule is CCN1CCc2c(c(-c3cccc([N+](=O)[O-])c3)nc3ccc4ccccc4c23)C1. The summed E-state index contributed by atoms with van der Waals surface area (Å²) in [5.74, 6) is 0. The average molecular weight is 383 g/mol. The summed E-state index contributed by atoms with van der Waals surface area (Å²) in [6.45, 7) is 4.97. The number of likely N-dealkylation sites (N-methyl/N-ethyl adjacent to an activating group) is 1. The first-order valence-corrected chi connectivity index (χ1v) is 9.96. The van der Waals surface area contributed by atoms with Crippen LogP contribution >= 0.6 is 0 Å². The lowest BCUT2D eigenvalue weighted by Gasteiger charge is -2.30. The van der Waals surface area contributed by atoms with E-state index in [1.54, 1.807) is 12.1 Å². The summed E-state index contributed by atoms with van der Waals surface area (Å²) in [6.07, 6.45) is 0.956. The van der Waals surface area contributed by atoms with Gasteiger partial charge in [0.25, 0.3) is 5.69 Å². The van der Waals surface area contributed by atoms with E-state index in [0.717, 1.165) is 42.8 Å². The molecular formula is C24H21N3O2. The number of pyridine rings is 1. The summed E-state index contributed by atoms with van der Waals surface area (Å²) in [6, 6.07) is 19.5. The van der Waals surface area contributed by atoms with Gasteiger partial charge in [0.15, 0.2) is 0 Å². The zero-order valence-corrected chi connectivity index (χ0v) is 16.3. The number of hydrogen-bond acceptors (Lipinski definition) is 4. The number of rotatable bonds is 3. The predicted octanol–water partition coefficient (Wildman–Crippen LogP) is 5.34. The van der Waals surface area contributed by atoms with E-state index in [4.69, 9.17) is 4.98 Å². The molecule has 1 aliphatic heterocycles. The number of aromatic nitrogens is 1. The Kier molecular flexibility index (Phi) is 4.25. The standard InChI is InChI=1S/C24H21N3O2/c1-2-26-13-12-20-21(15-26)24(17-7-5-8-18(14-17)27(28)29)25-22-11-10-16-6-3-4-9-19(16)23(20)22/h3-11,14H,2,12-13,15H2,1H3. The lowest BCUT2D eigenvalue weighted by Crippen LogP contribution is -2.31. The van der Waals surface area contributed by atoms with Crippen molar-refractivity contribution in [3.05, 3.63) is 81.9 Å². The molecule has 0 aliphatic carbocycles. The van der Waals surface area contributed by atoms with Crippen LogP contribution in [0.3, 0.4) is 0 Å². The van der Waals surface area contributed by atoms with Crippen LogP contribution in [0.5, 0.6) is 0 Å². The van der Waals surface area contributed by atoms with Crippen molar-refractivity contribution in [1.29, 1.82) is 0 Å². The molecule has 2 heterocycles. The molecule has 0 radical (unpaired) electrons. The van der Waals surface area contributed by atoms with E-state index in [2.05, 4.69) is 48.2 Å². The summed E-state index contributed by atoms with van der Waals surface area (Å²) < 4.78 is 0. The normalized spacial score (nSPS) is 14.2. The molecular weight excluding hydrogens is 362 g/mol. The number of nitrogens with zero attached hydrogens (tertiary/aromatic N) is 3. The van der Waals surface area contributed by atoms with Gasteiger partial charge in [-0.15, -0.1) is 0 Å². The maximum Gasteiger partial charge on any atom is 0.270 e. The van der Waals surface area contributed by atoms with E-state index in [0.29, 0.717) is 0 Å². The van der Waals surface area contributed by atoms with Crippen molar-refractivity contribution in [2.75, 3.05) is 13.1 Å². The molecule has 5 nitrogen and oxygen atoms in total. The minimum absolute atomic E-state index is 0.0971. The van der Waals surface area contributed by atoms with Crippen molar-refractivity contribution in [2.24, 2.45) is 0 Å². The van der Waals surface area contributed by atoms with Crippen molar-refractivity contribution >= 4 is 27.4 Å². The van der Waals surface area contributed by atoms with Gasteiger partial charge in [0, 0.05) is 36.2 Å². The summed E-state index contributed by atoms with van der Waals surface area (Å²) >= 11 is 0. The van der Waals surface area contributed by atoms with Crippen LogP contribution in [0.1, 0.15) is 18.1 Å². The Bertz CT molecular complexity index is 1270. The second-order valence-corrected chi connectivity index (χ2v) is 7.52. The fourth-order valence-electron chi connectivity index (χ4n) is 4.45. The Balaban J connectivity index is 1.84. The zero-order chi connectivity index (χ0) is 20.0.